The number of piperazine rings is 1. The van der Waals surface area contributed by atoms with Crippen molar-refractivity contribution in [3.63, 3.8) is 0 Å². The van der Waals surface area contributed by atoms with Gasteiger partial charge in [0.2, 0.25) is 5.91 Å². The third-order valence-electron chi connectivity index (χ3n) is 5.23. The first-order valence-corrected chi connectivity index (χ1v) is 10.7. The van der Waals surface area contributed by atoms with Crippen molar-refractivity contribution in [1.29, 1.82) is 0 Å². The summed E-state index contributed by atoms with van der Waals surface area (Å²) < 4.78 is 15.0. The Kier molecular flexibility index (Phi) is 6.18. The number of thiazole rings is 1. The predicted octanol–water partition coefficient (Wildman–Crippen LogP) is 3.21. The van der Waals surface area contributed by atoms with E-state index in [1.54, 1.807) is 17.4 Å². The van der Waals surface area contributed by atoms with Crippen molar-refractivity contribution in [1.82, 2.24) is 19.7 Å². The molecule has 1 amide bonds. The van der Waals surface area contributed by atoms with E-state index in [0.29, 0.717) is 38.3 Å². The van der Waals surface area contributed by atoms with Gasteiger partial charge in [0, 0.05) is 38.3 Å². The monoisotopic (exact) mass is 412 g/mol. The van der Waals surface area contributed by atoms with Crippen LogP contribution in [0, 0.1) is 5.82 Å². The normalized spacial score (nSPS) is 15.3. The summed E-state index contributed by atoms with van der Waals surface area (Å²) in [7, 11) is 1.96. The maximum atomic E-state index is 13.8. The molecule has 0 unspecified atom stereocenters. The molecule has 3 aromatic rings. The third-order valence-corrected chi connectivity index (χ3v) is 6.25. The molecule has 0 aliphatic carbocycles. The number of hydrogen-bond donors (Lipinski definition) is 0. The predicted molar refractivity (Wildman–Crippen MR) is 114 cm³/mol. The molecule has 0 atom stereocenters. The molecule has 4 rings (SSSR count). The standard InChI is InChI=1S/C22H25FN4OS/c1-25(15-21-24-19-8-4-5-9-20(19)29-21)16-22(28)27-12-10-26(11-13-27)14-17-6-2-3-7-18(17)23/h2-9H,10-16H2,1H3. The highest BCUT2D eigenvalue weighted by molar-refractivity contribution is 7.18. The molecule has 0 spiro atoms. The van der Waals surface area contributed by atoms with E-state index in [0.717, 1.165) is 23.6 Å². The van der Waals surface area contributed by atoms with E-state index in [9.17, 15) is 9.18 Å². The average molecular weight is 413 g/mol. The van der Waals surface area contributed by atoms with Crippen molar-refractivity contribution in [2.24, 2.45) is 0 Å². The highest BCUT2D eigenvalue weighted by Gasteiger charge is 2.22. The summed E-state index contributed by atoms with van der Waals surface area (Å²) in [5.41, 5.74) is 1.72. The van der Waals surface area contributed by atoms with Crippen molar-refractivity contribution < 1.29 is 9.18 Å². The summed E-state index contributed by atoms with van der Waals surface area (Å²) in [4.78, 5) is 23.5. The van der Waals surface area contributed by atoms with Gasteiger partial charge in [-0.3, -0.25) is 14.6 Å². The van der Waals surface area contributed by atoms with E-state index < -0.39 is 0 Å². The van der Waals surface area contributed by atoms with Gasteiger partial charge in [0.25, 0.3) is 0 Å². The Bertz CT molecular complexity index is 951. The van der Waals surface area contributed by atoms with Gasteiger partial charge < -0.3 is 4.90 Å². The molecule has 2 aromatic carbocycles. The smallest absolute Gasteiger partial charge is 0.236 e. The molecule has 5 nitrogen and oxygen atoms in total. The Morgan fingerprint density at radius 1 is 1.10 bits per heavy atom. The molecule has 2 heterocycles. The van der Waals surface area contributed by atoms with Crippen LogP contribution in [-0.4, -0.2) is 65.4 Å². The van der Waals surface area contributed by atoms with Gasteiger partial charge in [-0.1, -0.05) is 30.3 Å². The lowest BCUT2D eigenvalue weighted by molar-refractivity contribution is -0.134. The minimum absolute atomic E-state index is 0.138. The molecule has 0 N–H and O–H groups in total. The number of amides is 1. The van der Waals surface area contributed by atoms with Gasteiger partial charge in [0.1, 0.15) is 10.8 Å². The molecule has 1 fully saturated rings. The summed E-state index contributed by atoms with van der Waals surface area (Å²) in [5.74, 6) is -0.0263. The Morgan fingerprint density at radius 2 is 1.83 bits per heavy atom. The van der Waals surface area contributed by atoms with Crippen LogP contribution in [0.5, 0.6) is 0 Å². The quantitative estimate of drug-likeness (QED) is 0.623. The van der Waals surface area contributed by atoms with E-state index in [2.05, 4.69) is 16.0 Å². The fourth-order valence-corrected chi connectivity index (χ4v) is 4.68. The highest BCUT2D eigenvalue weighted by Crippen LogP contribution is 2.22. The Balaban J connectivity index is 1.25. The summed E-state index contributed by atoms with van der Waals surface area (Å²) in [6.07, 6.45) is 0. The first kappa shape index (κ1) is 19.9. The van der Waals surface area contributed by atoms with Crippen LogP contribution in [0.25, 0.3) is 10.2 Å². The van der Waals surface area contributed by atoms with Crippen LogP contribution in [0.2, 0.25) is 0 Å². The molecule has 7 heteroatoms. The SMILES string of the molecule is CN(CC(=O)N1CCN(Cc2ccccc2F)CC1)Cc1nc2ccccc2s1. The number of fused-ring (bicyclic) bond motifs is 1. The van der Waals surface area contributed by atoms with Gasteiger partial charge >= 0.3 is 0 Å². The minimum atomic E-state index is -0.164. The number of hydrogen-bond acceptors (Lipinski definition) is 5. The van der Waals surface area contributed by atoms with Crippen molar-refractivity contribution >= 4 is 27.5 Å². The Labute approximate surface area is 174 Å². The number of carbonyl (C=O) groups excluding carboxylic acids is 1. The van der Waals surface area contributed by atoms with Crippen LogP contribution in [0.15, 0.2) is 48.5 Å². The minimum Gasteiger partial charge on any atom is -0.339 e. The fraction of sp³-hybridized carbons (Fsp3) is 0.364. The zero-order chi connectivity index (χ0) is 20.2. The van der Waals surface area contributed by atoms with Crippen molar-refractivity contribution in [3.8, 4) is 0 Å². The van der Waals surface area contributed by atoms with Gasteiger partial charge in [-0.05, 0) is 25.2 Å². The number of carbonyl (C=O) groups is 1. The number of nitrogens with zero attached hydrogens (tertiary/aromatic N) is 4. The van der Waals surface area contributed by atoms with Gasteiger partial charge in [-0.2, -0.15) is 0 Å². The molecule has 1 aliphatic heterocycles. The van der Waals surface area contributed by atoms with Gasteiger partial charge in [0.15, 0.2) is 0 Å². The van der Waals surface area contributed by atoms with Crippen LogP contribution in [-0.2, 0) is 17.9 Å². The molecular formula is C22H25FN4OS. The highest BCUT2D eigenvalue weighted by atomic mass is 32.1. The number of para-hydroxylation sites is 1. The Morgan fingerprint density at radius 3 is 2.59 bits per heavy atom. The number of halogens is 1. The van der Waals surface area contributed by atoms with Gasteiger partial charge in [-0.25, -0.2) is 9.37 Å². The van der Waals surface area contributed by atoms with Crippen LogP contribution in [0.1, 0.15) is 10.6 Å². The van der Waals surface area contributed by atoms with Crippen LogP contribution in [0.4, 0.5) is 4.39 Å². The summed E-state index contributed by atoms with van der Waals surface area (Å²) >= 11 is 1.68. The third kappa shape index (κ3) is 4.98. The van der Waals surface area contributed by atoms with Crippen molar-refractivity contribution in [2.75, 3.05) is 39.8 Å². The number of benzene rings is 2. The lowest BCUT2D eigenvalue weighted by Crippen LogP contribution is -2.50. The van der Waals surface area contributed by atoms with Gasteiger partial charge in [0.05, 0.1) is 23.3 Å². The zero-order valence-corrected chi connectivity index (χ0v) is 17.4. The van der Waals surface area contributed by atoms with E-state index in [-0.39, 0.29) is 11.7 Å². The molecule has 1 aliphatic rings. The maximum absolute atomic E-state index is 13.8. The summed E-state index contributed by atoms with van der Waals surface area (Å²) in [5, 5.41) is 1.02. The molecule has 0 saturated carbocycles. The molecule has 1 saturated heterocycles. The number of likely N-dealkylation sites (N-methyl/N-ethyl adjacent to an activating group) is 1. The molecule has 1 aromatic heterocycles. The van der Waals surface area contributed by atoms with E-state index in [1.165, 1.54) is 10.8 Å². The van der Waals surface area contributed by atoms with Crippen LogP contribution >= 0.6 is 11.3 Å². The topological polar surface area (TPSA) is 39.7 Å². The zero-order valence-electron chi connectivity index (χ0n) is 16.6. The second-order valence-electron chi connectivity index (χ2n) is 7.50. The molecule has 152 valence electrons. The average Bonchev–Trinajstić information content (AvgIpc) is 3.12. The Hall–Kier alpha value is -2.35. The first-order valence-electron chi connectivity index (χ1n) is 9.85. The summed E-state index contributed by atoms with van der Waals surface area (Å²) in [6.45, 7) is 4.53. The maximum Gasteiger partial charge on any atom is 0.236 e. The lowest BCUT2D eigenvalue weighted by Gasteiger charge is -2.35. The van der Waals surface area contributed by atoms with Crippen molar-refractivity contribution in [3.05, 3.63) is 64.9 Å². The van der Waals surface area contributed by atoms with Crippen LogP contribution in [0.3, 0.4) is 0 Å². The van der Waals surface area contributed by atoms with Crippen LogP contribution < -0.4 is 0 Å². The number of rotatable bonds is 6. The summed E-state index contributed by atoms with van der Waals surface area (Å²) in [6, 6.07) is 15.0. The number of aromatic nitrogens is 1. The molecule has 0 bridgehead atoms. The van der Waals surface area contributed by atoms with E-state index >= 15 is 0 Å². The van der Waals surface area contributed by atoms with Crippen molar-refractivity contribution in [2.45, 2.75) is 13.1 Å². The van der Waals surface area contributed by atoms with E-state index in [1.807, 2.05) is 47.2 Å². The molecule has 29 heavy (non-hydrogen) atoms. The first-order chi connectivity index (χ1) is 14.1. The second-order valence-corrected chi connectivity index (χ2v) is 8.61. The van der Waals surface area contributed by atoms with E-state index in [4.69, 9.17) is 0 Å². The molecular weight excluding hydrogens is 387 g/mol. The fourth-order valence-electron chi connectivity index (χ4n) is 3.63. The largest absolute Gasteiger partial charge is 0.339 e. The second kappa shape index (κ2) is 8.98. The van der Waals surface area contributed by atoms with Gasteiger partial charge in [-0.15, -0.1) is 11.3 Å². The lowest BCUT2D eigenvalue weighted by atomic mass is 10.2. The molecule has 0 radical (unpaired) electrons.